The van der Waals surface area contributed by atoms with Crippen molar-refractivity contribution in [2.45, 2.75) is 0 Å². The van der Waals surface area contributed by atoms with Crippen LogP contribution in [-0.4, -0.2) is 43.8 Å². The molecule has 0 aromatic heterocycles. The summed E-state index contributed by atoms with van der Waals surface area (Å²) in [7, 11) is -2.09. The highest BCUT2D eigenvalue weighted by Gasteiger charge is 2.19. The van der Waals surface area contributed by atoms with Crippen molar-refractivity contribution in [2.75, 3.05) is 24.7 Å². The van der Waals surface area contributed by atoms with Gasteiger partial charge in [0, 0.05) is 18.3 Å². The molecule has 0 atom stereocenters. The molecule has 9 nitrogen and oxygen atoms in total. The van der Waals surface area contributed by atoms with Gasteiger partial charge in [0.1, 0.15) is 5.56 Å². The highest BCUT2D eigenvalue weighted by molar-refractivity contribution is 7.89. The van der Waals surface area contributed by atoms with Crippen LogP contribution in [-0.2, 0) is 10.0 Å². The Bertz CT molecular complexity index is 628. The minimum atomic E-state index is -3.37. The third-order valence-electron chi connectivity index (χ3n) is 2.43. The molecule has 3 N–H and O–H groups in total. The van der Waals surface area contributed by atoms with Gasteiger partial charge in [0.25, 0.3) is 5.69 Å². The second kappa shape index (κ2) is 6.30. The number of carboxylic acids is 1. The topological polar surface area (TPSA) is 139 Å². The lowest BCUT2D eigenvalue weighted by Gasteiger charge is -2.07. The molecule has 0 saturated heterocycles. The standard InChI is InChI=1S/C10H13N3O6S/c1-11-20(18,19)5-4-12-7-2-3-9(13(16)17)8(6-7)10(14)15/h2-3,6,11-12H,4-5H2,1H3,(H,14,15). The van der Waals surface area contributed by atoms with Gasteiger partial charge >= 0.3 is 5.97 Å². The number of carbonyl (C=O) groups is 1. The number of nitro groups is 1. The fourth-order valence-electron chi connectivity index (χ4n) is 1.41. The number of sulfonamides is 1. The zero-order valence-corrected chi connectivity index (χ0v) is 11.3. The van der Waals surface area contributed by atoms with Crippen molar-refractivity contribution in [2.24, 2.45) is 0 Å². The van der Waals surface area contributed by atoms with E-state index in [1.165, 1.54) is 13.1 Å². The molecule has 0 aliphatic carbocycles. The molecule has 110 valence electrons. The van der Waals surface area contributed by atoms with Gasteiger partial charge in [0.2, 0.25) is 10.0 Å². The maximum Gasteiger partial charge on any atom is 0.342 e. The average Bonchev–Trinajstić information content (AvgIpc) is 2.38. The Balaban J connectivity index is 2.86. The van der Waals surface area contributed by atoms with Crippen LogP contribution in [0.3, 0.4) is 0 Å². The number of carboxylic acid groups (broad SMARTS) is 1. The average molecular weight is 303 g/mol. The zero-order valence-electron chi connectivity index (χ0n) is 10.5. The molecule has 0 saturated carbocycles. The third kappa shape index (κ3) is 4.17. The van der Waals surface area contributed by atoms with Crippen molar-refractivity contribution < 1.29 is 23.2 Å². The van der Waals surface area contributed by atoms with Crippen LogP contribution in [0, 0.1) is 10.1 Å². The van der Waals surface area contributed by atoms with E-state index in [0.29, 0.717) is 5.69 Å². The molecule has 0 bridgehead atoms. The number of hydrogen-bond acceptors (Lipinski definition) is 6. The van der Waals surface area contributed by atoms with Crippen LogP contribution >= 0.6 is 0 Å². The lowest BCUT2D eigenvalue weighted by Crippen LogP contribution is -2.26. The van der Waals surface area contributed by atoms with Gasteiger partial charge in [-0.1, -0.05) is 0 Å². The van der Waals surface area contributed by atoms with Crippen molar-refractivity contribution in [3.63, 3.8) is 0 Å². The first-order chi connectivity index (χ1) is 9.26. The SMILES string of the molecule is CNS(=O)(=O)CCNc1ccc([N+](=O)[O-])c(C(=O)O)c1. The summed E-state index contributed by atoms with van der Waals surface area (Å²) >= 11 is 0. The molecule has 0 fully saturated rings. The van der Waals surface area contributed by atoms with Crippen molar-refractivity contribution in [3.8, 4) is 0 Å². The van der Waals surface area contributed by atoms with Crippen molar-refractivity contribution in [1.82, 2.24) is 4.72 Å². The molecule has 0 heterocycles. The number of aromatic carboxylic acids is 1. The first-order valence-corrected chi connectivity index (χ1v) is 7.09. The van der Waals surface area contributed by atoms with Gasteiger partial charge < -0.3 is 10.4 Å². The molecule has 1 rings (SSSR count). The molecule has 0 aliphatic heterocycles. The van der Waals surface area contributed by atoms with Crippen molar-refractivity contribution in [1.29, 1.82) is 0 Å². The van der Waals surface area contributed by atoms with E-state index in [2.05, 4.69) is 10.0 Å². The van der Waals surface area contributed by atoms with Crippen LogP contribution in [0.1, 0.15) is 10.4 Å². The Morgan fingerprint density at radius 3 is 2.60 bits per heavy atom. The molecule has 10 heteroatoms. The number of rotatable bonds is 7. The van der Waals surface area contributed by atoms with Gasteiger partial charge in [-0.2, -0.15) is 0 Å². The number of hydrogen-bond donors (Lipinski definition) is 3. The highest BCUT2D eigenvalue weighted by atomic mass is 32.2. The summed E-state index contributed by atoms with van der Waals surface area (Å²) in [6.07, 6.45) is 0. The van der Waals surface area contributed by atoms with E-state index >= 15 is 0 Å². The monoisotopic (exact) mass is 303 g/mol. The van der Waals surface area contributed by atoms with Gasteiger partial charge in [-0.15, -0.1) is 0 Å². The lowest BCUT2D eigenvalue weighted by molar-refractivity contribution is -0.385. The van der Waals surface area contributed by atoms with E-state index < -0.39 is 32.2 Å². The van der Waals surface area contributed by atoms with Crippen molar-refractivity contribution >= 4 is 27.4 Å². The predicted molar refractivity (Wildman–Crippen MR) is 71.4 cm³/mol. The number of nitrogens with zero attached hydrogens (tertiary/aromatic N) is 1. The molecule has 0 amide bonds. The first-order valence-electron chi connectivity index (χ1n) is 5.43. The summed E-state index contributed by atoms with van der Waals surface area (Å²) in [5.74, 6) is -1.63. The number of nitro benzene ring substituents is 1. The Morgan fingerprint density at radius 2 is 2.10 bits per heavy atom. The van der Waals surface area contributed by atoms with E-state index in [-0.39, 0.29) is 12.3 Å². The number of nitrogens with one attached hydrogen (secondary N) is 2. The predicted octanol–water partition coefficient (Wildman–Crippen LogP) is 0.254. The Morgan fingerprint density at radius 1 is 1.45 bits per heavy atom. The van der Waals surface area contributed by atoms with Gasteiger partial charge in [-0.25, -0.2) is 17.9 Å². The molecule has 0 unspecified atom stereocenters. The van der Waals surface area contributed by atoms with Gasteiger partial charge in [0.15, 0.2) is 0 Å². The highest BCUT2D eigenvalue weighted by Crippen LogP contribution is 2.22. The van der Waals surface area contributed by atoms with Crippen LogP contribution in [0.4, 0.5) is 11.4 Å². The summed E-state index contributed by atoms with van der Waals surface area (Å²) < 4.78 is 24.5. The normalized spacial score (nSPS) is 11.1. The molecule has 1 aromatic rings. The minimum absolute atomic E-state index is 0.0417. The molecule has 0 spiro atoms. The smallest absolute Gasteiger partial charge is 0.342 e. The molecule has 1 aromatic carbocycles. The second-order valence-electron chi connectivity index (χ2n) is 3.74. The molecule has 0 radical (unpaired) electrons. The summed E-state index contributed by atoms with van der Waals surface area (Å²) in [5.41, 5.74) is -0.693. The van der Waals surface area contributed by atoms with E-state index in [1.807, 2.05) is 0 Å². The van der Waals surface area contributed by atoms with Crippen LogP contribution in [0.15, 0.2) is 18.2 Å². The fourth-order valence-corrected chi connectivity index (χ4v) is 1.98. The van der Waals surface area contributed by atoms with E-state index in [9.17, 15) is 23.3 Å². The number of benzene rings is 1. The van der Waals surface area contributed by atoms with Gasteiger partial charge in [-0.3, -0.25) is 10.1 Å². The minimum Gasteiger partial charge on any atom is -0.477 e. The van der Waals surface area contributed by atoms with Crippen LogP contribution in [0.25, 0.3) is 0 Å². The van der Waals surface area contributed by atoms with Gasteiger partial charge in [0.05, 0.1) is 10.7 Å². The summed E-state index contributed by atoms with van der Waals surface area (Å²) in [6.45, 7) is 0.0417. The van der Waals surface area contributed by atoms with E-state index in [4.69, 9.17) is 5.11 Å². The van der Waals surface area contributed by atoms with E-state index in [1.54, 1.807) is 0 Å². The Labute approximate surface area is 114 Å². The second-order valence-corrected chi connectivity index (χ2v) is 5.79. The zero-order chi connectivity index (χ0) is 15.3. The molecule has 0 aliphatic rings. The summed E-state index contributed by atoms with van der Waals surface area (Å²) in [6, 6.07) is 3.46. The van der Waals surface area contributed by atoms with Crippen molar-refractivity contribution in [3.05, 3.63) is 33.9 Å². The number of anilines is 1. The molecular weight excluding hydrogens is 290 g/mol. The quantitative estimate of drug-likeness (QED) is 0.484. The van der Waals surface area contributed by atoms with E-state index in [0.717, 1.165) is 12.1 Å². The molecular formula is C10H13N3O6S. The first kappa shape index (κ1) is 15.9. The van der Waals surface area contributed by atoms with Crippen LogP contribution in [0.2, 0.25) is 0 Å². The summed E-state index contributed by atoms with van der Waals surface area (Å²) in [4.78, 5) is 20.8. The fraction of sp³-hybridized carbons (Fsp3) is 0.300. The Hall–Kier alpha value is -2.20. The lowest BCUT2D eigenvalue weighted by atomic mass is 10.1. The largest absolute Gasteiger partial charge is 0.477 e. The maximum atomic E-state index is 11.2. The van der Waals surface area contributed by atoms with Crippen LogP contribution < -0.4 is 10.0 Å². The van der Waals surface area contributed by atoms with Crippen LogP contribution in [0.5, 0.6) is 0 Å². The summed E-state index contributed by atoms with van der Waals surface area (Å²) in [5, 5.41) is 22.2. The third-order valence-corrected chi connectivity index (χ3v) is 3.80. The maximum absolute atomic E-state index is 11.2. The molecule has 20 heavy (non-hydrogen) atoms. The Kier molecular flexibility index (Phi) is 5.00. The van der Waals surface area contributed by atoms with Gasteiger partial charge in [-0.05, 0) is 19.2 Å².